The molecule has 0 radical (unpaired) electrons. The van der Waals surface area contributed by atoms with E-state index in [1.807, 2.05) is 31.2 Å². The van der Waals surface area contributed by atoms with Crippen LogP contribution in [0.5, 0.6) is 5.75 Å². The van der Waals surface area contributed by atoms with Crippen molar-refractivity contribution in [2.24, 2.45) is 0 Å². The third kappa shape index (κ3) is 5.40. The minimum absolute atomic E-state index is 0.0898. The van der Waals surface area contributed by atoms with Gasteiger partial charge in [0, 0.05) is 0 Å². The SMILES string of the molecule is C#CCNC(=O)COC(=O)c1ccccc1OCc1ccccc1C. The number of hydrogen-bond donors (Lipinski definition) is 1. The molecule has 25 heavy (non-hydrogen) atoms. The molecule has 2 rings (SSSR count). The van der Waals surface area contributed by atoms with Crippen LogP contribution in [0.3, 0.4) is 0 Å². The van der Waals surface area contributed by atoms with Crippen molar-refractivity contribution in [2.75, 3.05) is 13.2 Å². The van der Waals surface area contributed by atoms with Gasteiger partial charge < -0.3 is 14.8 Å². The van der Waals surface area contributed by atoms with Crippen LogP contribution in [0.25, 0.3) is 0 Å². The normalized spacial score (nSPS) is 9.76. The molecule has 1 amide bonds. The summed E-state index contributed by atoms with van der Waals surface area (Å²) >= 11 is 0. The van der Waals surface area contributed by atoms with E-state index in [9.17, 15) is 9.59 Å². The van der Waals surface area contributed by atoms with Gasteiger partial charge >= 0.3 is 5.97 Å². The molecule has 0 saturated carbocycles. The first-order valence-corrected chi connectivity index (χ1v) is 7.75. The summed E-state index contributed by atoms with van der Waals surface area (Å²) in [4.78, 5) is 23.7. The smallest absolute Gasteiger partial charge is 0.342 e. The first-order chi connectivity index (χ1) is 12.1. The van der Waals surface area contributed by atoms with Crippen LogP contribution >= 0.6 is 0 Å². The first kappa shape index (κ1) is 18.1. The zero-order chi connectivity index (χ0) is 18.1. The van der Waals surface area contributed by atoms with E-state index in [1.165, 1.54) is 0 Å². The van der Waals surface area contributed by atoms with Crippen molar-refractivity contribution in [1.29, 1.82) is 0 Å². The fourth-order valence-corrected chi connectivity index (χ4v) is 2.10. The van der Waals surface area contributed by atoms with E-state index in [4.69, 9.17) is 15.9 Å². The summed E-state index contributed by atoms with van der Waals surface area (Å²) in [7, 11) is 0. The minimum Gasteiger partial charge on any atom is -0.488 e. The zero-order valence-corrected chi connectivity index (χ0v) is 14.0. The molecule has 2 aromatic rings. The van der Waals surface area contributed by atoms with Gasteiger partial charge in [-0.3, -0.25) is 4.79 Å². The van der Waals surface area contributed by atoms with Gasteiger partial charge in [-0.1, -0.05) is 42.3 Å². The van der Waals surface area contributed by atoms with Crippen LogP contribution in [0.2, 0.25) is 0 Å². The average Bonchev–Trinajstić information content (AvgIpc) is 2.64. The Kier molecular flexibility index (Phi) is 6.61. The second-order valence-electron chi connectivity index (χ2n) is 5.27. The van der Waals surface area contributed by atoms with Crippen molar-refractivity contribution in [2.45, 2.75) is 13.5 Å². The molecule has 0 aliphatic carbocycles. The number of amides is 1. The van der Waals surface area contributed by atoms with Crippen LogP contribution in [0, 0.1) is 19.3 Å². The van der Waals surface area contributed by atoms with Gasteiger partial charge in [0.2, 0.25) is 0 Å². The molecular formula is C20H19NO4. The number of hydrogen-bond acceptors (Lipinski definition) is 4. The van der Waals surface area contributed by atoms with Gasteiger partial charge in [0.15, 0.2) is 6.61 Å². The van der Waals surface area contributed by atoms with Gasteiger partial charge in [-0.05, 0) is 30.2 Å². The highest BCUT2D eigenvalue weighted by Gasteiger charge is 2.15. The molecule has 5 heteroatoms. The Morgan fingerprint density at radius 2 is 1.84 bits per heavy atom. The fraction of sp³-hybridized carbons (Fsp3) is 0.200. The van der Waals surface area contributed by atoms with Crippen molar-refractivity contribution in [3.63, 3.8) is 0 Å². The Hall–Kier alpha value is -3.26. The van der Waals surface area contributed by atoms with E-state index in [0.717, 1.165) is 11.1 Å². The molecule has 0 heterocycles. The summed E-state index contributed by atoms with van der Waals surface area (Å²) in [5, 5.41) is 2.42. The Labute approximate surface area is 147 Å². The molecule has 0 saturated heterocycles. The second-order valence-corrected chi connectivity index (χ2v) is 5.27. The maximum absolute atomic E-state index is 12.2. The largest absolute Gasteiger partial charge is 0.488 e. The summed E-state index contributed by atoms with van der Waals surface area (Å²) in [6.45, 7) is 2.02. The molecule has 0 unspecified atom stereocenters. The summed E-state index contributed by atoms with van der Waals surface area (Å²) < 4.78 is 10.8. The molecule has 0 fully saturated rings. The van der Waals surface area contributed by atoms with Gasteiger partial charge in [-0.25, -0.2) is 4.79 Å². The van der Waals surface area contributed by atoms with Crippen molar-refractivity contribution in [1.82, 2.24) is 5.32 Å². The number of ether oxygens (including phenoxy) is 2. The van der Waals surface area contributed by atoms with Crippen LogP contribution in [0.1, 0.15) is 21.5 Å². The average molecular weight is 337 g/mol. The van der Waals surface area contributed by atoms with Crippen LogP contribution in [-0.4, -0.2) is 25.0 Å². The number of carbonyl (C=O) groups is 2. The summed E-state index contributed by atoms with van der Waals surface area (Å²) in [6, 6.07) is 14.6. The predicted octanol–water partition coefficient (Wildman–Crippen LogP) is 2.48. The Balaban J connectivity index is 2.00. The fourth-order valence-electron chi connectivity index (χ4n) is 2.10. The van der Waals surface area contributed by atoms with Gasteiger partial charge in [0.05, 0.1) is 6.54 Å². The van der Waals surface area contributed by atoms with Gasteiger partial charge in [-0.15, -0.1) is 6.42 Å². The third-order valence-corrected chi connectivity index (χ3v) is 3.47. The van der Waals surface area contributed by atoms with E-state index in [0.29, 0.717) is 12.4 Å². The lowest BCUT2D eigenvalue weighted by molar-refractivity contribution is -0.123. The third-order valence-electron chi connectivity index (χ3n) is 3.47. The molecular weight excluding hydrogens is 318 g/mol. The standard InChI is InChI=1S/C20H19NO4/c1-3-12-21-19(22)14-25-20(23)17-10-6-7-11-18(17)24-13-16-9-5-4-8-15(16)2/h1,4-11H,12-14H2,2H3,(H,21,22). The minimum atomic E-state index is -0.628. The number of aryl methyl sites for hydroxylation is 1. The molecule has 0 aromatic heterocycles. The topological polar surface area (TPSA) is 64.6 Å². The number of nitrogens with one attached hydrogen (secondary N) is 1. The number of benzene rings is 2. The number of terminal acetylenes is 1. The van der Waals surface area contributed by atoms with Gasteiger partial charge in [0.1, 0.15) is 17.9 Å². The maximum Gasteiger partial charge on any atom is 0.342 e. The van der Waals surface area contributed by atoms with E-state index in [1.54, 1.807) is 24.3 Å². The summed E-state index contributed by atoms with van der Waals surface area (Å²) in [5.41, 5.74) is 2.40. The van der Waals surface area contributed by atoms with Crippen molar-refractivity contribution in [3.8, 4) is 18.1 Å². The van der Waals surface area contributed by atoms with Crippen LogP contribution < -0.4 is 10.1 Å². The molecule has 0 atom stereocenters. The Morgan fingerprint density at radius 3 is 2.60 bits per heavy atom. The van der Waals surface area contributed by atoms with Crippen molar-refractivity contribution in [3.05, 3.63) is 65.2 Å². The number of esters is 1. The Morgan fingerprint density at radius 1 is 1.12 bits per heavy atom. The van der Waals surface area contributed by atoms with Crippen molar-refractivity contribution >= 4 is 11.9 Å². The molecule has 5 nitrogen and oxygen atoms in total. The van der Waals surface area contributed by atoms with E-state index >= 15 is 0 Å². The van der Waals surface area contributed by atoms with E-state index < -0.39 is 18.5 Å². The first-order valence-electron chi connectivity index (χ1n) is 7.75. The molecule has 0 aliphatic rings. The predicted molar refractivity (Wildman–Crippen MR) is 94.1 cm³/mol. The molecule has 0 spiro atoms. The van der Waals surface area contributed by atoms with E-state index in [2.05, 4.69) is 11.2 Å². The number of para-hydroxylation sites is 1. The lowest BCUT2D eigenvalue weighted by Crippen LogP contribution is -2.29. The monoisotopic (exact) mass is 337 g/mol. The molecule has 128 valence electrons. The lowest BCUT2D eigenvalue weighted by Gasteiger charge is -2.12. The van der Waals surface area contributed by atoms with Gasteiger partial charge in [-0.2, -0.15) is 0 Å². The second kappa shape index (κ2) is 9.14. The van der Waals surface area contributed by atoms with Crippen LogP contribution in [0.15, 0.2) is 48.5 Å². The lowest BCUT2D eigenvalue weighted by atomic mass is 10.1. The van der Waals surface area contributed by atoms with Crippen LogP contribution in [0.4, 0.5) is 0 Å². The van der Waals surface area contributed by atoms with E-state index in [-0.39, 0.29) is 12.1 Å². The molecule has 2 aromatic carbocycles. The number of carbonyl (C=O) groups excluding carboxylic acids is 2. The highest BCUT2D eigenvalue weighted by atomic mass is 16.5. The summed E-state index contributed by atoms with van der Waals surface area (Å²) in [6.07, 6.45) is 5.05. The van der Waals surface area contributed by atoms with Gasteiger partial charge in [0.25, 0.3) is 5.91 Å². The molecule has 1 N–H and O–H groups in total. The van der Waals surface area contributed by atoms with Crippen molar-refractivity contribution < 1.29 is 19.1 Å². The molecule has 0 bridgehead atoms. The molecule has 0 aliphatic heterocycles. The maximum atomic E-state index is 12.2. The Bertz CT molecular complexity index is 792. The highest BCUT2D eigenvalue weighted by Crippen LogP contribution is 2.21. The zero-order valence-electron chi connectivity index (χ0n) is 14.0. The van der Waals surface area contributed by atoms with Crippen LogP contribution in [-0.2, 0) is 16.1 Å². The number of rotatable bonds is 7. The quantitative estimate of drug-likeness (QED) is 0.623. The highest BCUT2D eigenvalue weighted by molar-refractivity contribution is 5.94. The summed E-state index contributed by atoms with van der Waals surface area (Å²) in [5.74, 6) is 1.59.